The molecular formula is C13H25Cl. The molecule has 0 saturated heterocycles. The van der Waals surface area contributed by atoms with Crippen molar-refractivity contribution in [1.82, 2.24) is 0 Å². The van der Waals surface area contributed by atoms with Crippen molar-refractivity contribution in [3.05, 3.63) is 0 Å². The second-order valence-corrected chi connectivity index (χ2v) is 5.76. The third kappa shape index (κ3) is 4.68. The zero-order valence-electron chi connectivity index (χ0n) is 9.77. The van der Waals surface area contributed by atoms with Crippen LogP contribution in [0.5, 0.6) is 0 Å². The van der Waals surface area contributed by atoms with E-state index in [9.17, 15) is 0 Å². The quantitative estimate of drug-likeness (QED) is 0.458. The fourth-order valence-corrected chi connectivity index (χ4v) is 2.51. The highest BCUT2D eigenvalue weighted by Gasteiger charge is 2.15. The molecule has 14 heavy (non-hydrogen) atoms. The summed E-state index contributed by atoms with van der Waals surface area (Å²) >= 11 is 6.28. The molecule has 1 unspecified atom stereocenters. The van der Waals surface area contributed by atoms with E-state index in [4.69, 9.17) is 11.6 Å². The maximum Gasteiger partial charge on any atom is 0.0359 e. The van der Waals surface area contributed by atoms with Crippen LogP contribution in [-0.4, -0.2) is 5.38 Å². The van der Waals surface area contributed by atoms with Crippen LogP contribution in [0.4, 0.5) is 0 Å². The first-order chi connectivity index (χ1) is 6.70. The summed E-state index contributed by atoms with van der Waals surface area (Å²) in [7, 11) is 0. The number of halogens is 1. The van der Waals surface area contributed by atoms with Gasteiger partial charge in [0, 0.05) is 5.38 Å². The molecule has 0 N–H and O–H groups in total. The Morgan fingerprint density at radius 2 is 1.64 bits per heavy atom. The van der Waals surface area contributed by atoms with Crippen LogP contribution in [0, 0.1) is 11.8 Å². The lowest BCUT2D eigenvalue weighted by Crippen LogP contribution is -2.10. The first kappa shape index (κ1) is 12.4. The van der Waals surface area contributed by atoms with Gasteiger partial charge in [-0.1, -0.05) is 52.4 Å². The van der Waals surface area contributed by atoms with E-state index < -0.39 is 0 Å². The summed E-state index contributed by atoms with van der Waals surface area (Å²) in [5, 5.41) is 0.401. The molecule has 0 aliphatic heterocycles. The van der Waals surface area contributed by atoms with Gasteiger partial charge in [0.2, 0.25) is 0 Å². The van der Waals surface area contributed by atoms with Crippen molar-refractivity contribution in [2.75, 3.05) is 0 Å². The van der Waals surface area contributed by atoms with Crippen LogP contribution in [0.3, 0.4) is 0 Å². The number of rotatable bonds is 4. The zero-order valence-corrected chi connectivity index (χ0v) is 10.5. The van der Waals surface area contributed by atoms with Crippen LogP contribution in [0.1, 0.15) is 65.2 Å². The Morgan fingerprint density at radius 3 is 2.14 bits per heavy atom. The topological polar surface area (TPSA) is 0 Å². The van der Waals surface area contributed by atoms with Crippen molar-refractivity contribution >= 4 is 11.6 Å². The molecule has 0 aromatic carbocycles. The molecule has 1 heteroatoms. The van der Waals surface area contributed by atoms with E-state index in [0.717, 1.165) is 5.92 Å². The maximum absolute atomic E-state index is 6.28. The highest BCUT2D eigenvalue weighted by Crippen LogP contribution is 2.28. The monoisotopic (exact) mass is 216 g/mol. The van der Waals surface area contributed by atoms with E-state index in [2.05, 4.69) is 13.8 Å². The van der Waals surface area contributed by atoms with Crippen LogP contribution >= 0.6 is 11.6 Å². The van der Waals surface area contributed by atoms with Gasteiger partial charge in [0.1, 0.15) is 0 Å². The van der Waals surface area contributed by atoms with E-state index in [1.165, 1.54) is 51.4 Å². The van der Waals surface area contributed by atoms with Gasteiger partial charge in [-0.25, -0.2) is 0 Å². The van der Waals surface area contributed by atoms with E-state index in [0.29, 0.717) is 11.3 Å². The first-order valence-corrected chi connectivity index (χ1v) is 6.78. The summed E-state index contributed by atoms with van der Waals surface area (Å²) in [6.07, 6.45) is 11.4. The predicted octanol–water partition coefficient (Wildman–Crippen LogP) is 5.00. The number of hydrogen-bond donors (Lipinski definition) is 0. The fraction of sp³-hybridized carbons (Fsp3) is 1.00. The molecule has 1 fully saturated rings. The van der Waals surface area contributed by atoms with Crippen LogP contribution in [-0.2, 0) is 0 Å². The average Bonchev–Trinajstić information content (AvgIpc) is 2.42. The lowest BCUT2D eigenvalue weighted by molar-refractivity contribution is 0.396. The lowest BCUT2D eigenvalue weighted by atomic mass is 9.92. The van der Waals surface area contributed by atoms with Gasteiger partial charge in [0.25, 0.3) is 0 Å². The zero-order chi connectivity index (χ0) is 10.4. The Hall–Kier alpha value is 0.290. The minimum atomic E-state index is 0.401. The smallest absolute Gasteiger partial charge is 0.0359 e. The summed E-state index contributed by atoms with van der Waals surface area (Å²) in [4.78, 5) is 0. The van der Waals surface area contributed by atoms with Crippen LogP contribution in [0.15, 0.2) is 0 Å². The second kappa shape index (κ2) is 6.71. The Morgan fingerprint density at radius 1 is 1.07 bits per heavy atom. The fourth-order valence-electron chi connectivity index (χ4n) is 2.38. The SMILES string of the molecule is CC(C)C(Cl)CCC1CCCCCC1. The molecule has 1 saturated carbocycles. The molecule has 0 heterocycles. The lowest BCUT2D eigenvalue weighted by Gasteiger charge is -2.18. The summed E-state index contributed by atoms with van der Waals surface area (Å²) in [5.41, 5.74) is 0. The standard InChI is InChI=1S/C13H25Cl/c1-11(2)13(14)10-9-12-7-5-3-4-6-8-12/h11-13H,3-10H2,1-2H3. The van der Waals surface area contributed by atoms with Crippen molar-refractivity contribution in [2.24, 2.45) is 11.8 Å². The molecule has 0 spiro atoms. The van der Waals surface area contributed by atoms with E-state index in [-0.39, 0.29) is 0 Å². The normalized spacial score (nSPS) is 22.3. The third-order valence-corrected chi connectivity index (χ3v) is 4.27. The Kier molecular flexibility index (Phi) is 5.93. The van der Waals surface area contributed by atoms with Gasteiger partial charge in [0.05, 0.1) is 0 Å². The maximum atomic E-state index is 6.28. The summed E-state index contributed by atoms with van der Waals surface area (Å²) < 4.78 is 0. The Labute approximate surface area is 94.4 Å². The molecular weight excluding hydrogens is 192 g/mol. The predicted molar refractivity (Wildman–Crippen MR) is 64.9 cm³/mol. The van der Waals surface area contributed by atoms with Gasteiger partial charge < -0.3 is 0 Å². The van der Waals surface area contributed by atoms with Gasteiger partial charge >= 0.3 is 0 Å². The van der Waals surface area contributed by atoms with Crippen molar-refractivity contribution in [3.63, 3.8) is 0 Å². The van der Waals surface area contributed by atoms with Crippen molar-refractivity contribution in [2.45, 2.75) is 70.6 Å². The minimum absolute atomic E-state index is 0.401. The van der Waals surface area contributed by atoms with Gasteiger partial charge in [-0.05, 0) is 24.7 Å². The number of alkyl halides is 1. The Balaban J connectivity index is 2.15. The van der Waals surface area contributed by atoms with Crippen LogP contribution < -0.4 is 0 Å². The summed E-state index contributed by atoms with van der Waals surface area (Å²) in [6.45, 7) is 4.45. The molecule has 0 aromatic rings. The second-order valence-electron chi connectivity index (χ2n) is 5.19. The molecule has 1 aliphatic carbocycles. The van der Waals surface area contributed by atoms with E-state index >= 15 is 0 Å². The minimum Gasteiger partial charge on any atom is -0.123 e. The third-order valence-electron chi connectivity index (χ3n) is 3.55. The van der Waals surface area contributed by atoms with Gasteiger partial charge in [-0.3, -0.25) is 0 Å². The molecule has 1 aliphatic rings. The van der Waals surface area contributed by atoms with Crippen molar-refractivity contribution < 1.29 is 0 Å². The molecule has 0 aromatic heterocycles. The van der Waals surface area contributed by atoms with Crippen molar-refractivity contribution in [3.8, 4) is 0 Å². The molecule has 0 radical (unpaired) electrons. The molecule has 0 bridgehead atoms. The van der Waals surface area contributed by atoms with E-state index in [1.54, 1.807) is 0 Å². The van der Waals surface area contributed by atoms with Crippen molar-refractivity contribution in [1.29, 1.82) is 0 Å². The Bertz CT molecular complexity index is 134. The molecule has 84 valence electrons. The molecule has 0 nitrogen and oxygen atoms in total. The largest absolute Gasteiger partial charge is 0.123 e. The van der Waals surface area contributed by atoms with Crippen LogP contribution in [0.25, 0.3) is 0 Å². The number of hydrogen-bond acceptors (Lipinski definition) is 0. The molecule has 1 rings (SSSR count). The highest BCUT2D eigenvalue weighted by atomic mass is 35.5. The van der Waals surface area contributed by atoms with Gasteiger partial charge in [-0.2, -0.15) is 0 Å². The van der Waals surface area contributed by atoms with E-state index in [1.807, 2.05) is 0 Å². The van der Waals surface area contributed by atoms with Crippen LogP contribution in [0.2, 0.25) is 0 Å². The molecule has 1 atom stereocenters. The average molecular weight is 217 g/mol. The van der Waals surface area contributed by atoms with Gasteiger partial charge in [-0.15, -0.1) is 11.6 Å². The molecule has 0 amide bonds. The summed E-state index contributed by atoms with van der Waals surface area (Å²) in [5.74, 6) is 1.62. The first-order valence-electron chi connectivity index (χ1n) is 6.34. The highest BCUT2D eigenvalue weighted by molar-refractivity contribution is 6.20. The summed E-state index contributed by atoms with van der Waals surface area (Å²) in [6, 6.07) is 0. The van der Waals surface area contributed by atoms with Gasteiger partial charge in [0.15, 0.2) is 0 Å².